The molecule has 2 rings (SSSR count). The Bertz CT molecular complexity index is 473. The van der Waals surface area contributed by atoms with Crippen LogP contribution in [0.5, 0.6) is 5.75 Å². The van der Waals surface area contributed by atoms with Crippen LogP contribution in [0.15, 0.2) is 22.7 Å². The molecule has 1 amide bonds. The Morgan fingerprint density at radius 2 is 2.10 bits per heavy atom. The van der Waals surface area contributed by atoms with Crippen LogP contribution in [0.4, 0.5) is 0 Å². The Labute approximate surface area is 133 Å². The van der Waals surface area contributed by atoms with Crippen molar-refractivity contribution >= 4 is 33.4 Å². The van der Waals surface area contributed by atoms with E-state index in [1.54, 1.807) is 13.2 Å². The normalized spacial score (nSPS) is 22.4. The van der Waals surface area contributed by atoms with Crippen LogP contribution in [0.3, 0.4) is 0 Å². The summed E-state index contributed by atoms with van der Waals surface area (Å²) in [5, 5.41) is 3.32. The Kier molecular flexibility index (Phi) is 5.73. The summed E-state index contributed by atoms with van der Waals surface area (Å²) >= 11 is 9.49. The van der Waals surface area contributed by atoms with Gasteiger partial charge in [0.1, 0.15) is 5.75 Å². The molecule has 0 heterocycles. The number of hydrogen-bond donors (Lipinski definition) is 1. The molecule has 0 unspecified atom stereocenters. The van der Waals surface area contributed by atoms with Crippen LogP contribution in [0.25, 0.3) is 0 Å². The summed E-state index contributed by atoms with van der Waals surface area (Å²) in [6.45, 7) is 0.714. The zero-order valence-corrected chi connectivity index (χ0v) is 13.8. The van der Waals surface area contributed by atoms with E-state index in [0.717, 1.165) is 30.2 Å². The van der Waals surface area contributed by atoms with Gasteiger partial charge in [0, 0.05) is 16.4 Å². The highest BCUT2D eigenvalue weighted by Gasteiger charge is 2.20. The molecule has 20 heavy (non-hydrogen) atoms. The van der Waals surface area contributed by atoms with Crippen LogP contribution in [0.1, 0.15) is 36.0 Å². The molecular formula is C15H19BrClNO2. The van der Waals surface area contributed by atoms with Gasteiger partial charge in [0.05, 0.1) is 12.7 Å². The third-order valence-electron chi connectivity index (χ3n) is 3.75. The van der Waals surface area contributed by atoms with Gasteiger partial charge in [-0.25, -0.2) is 0 Å². The number of rotatable bonds is 4. The summed E-state index contributed by atoms with van der Waals surface area (Å²) in [6.07, 6.45) is 4.28. The van der Waals surface area contributed by atoms with Crippen LogP contribution in [-0.4, -0.2) is 24.9 Å². The first-order valence-corrected chi connectivity index (χ1v) is 8.09. The van der Waals surface area contributed by atoms with Crippen LogP contribution in [0.2, 0.25) is 0 Å². The smallest absolute Gasteiger partial charge is 0.252 e. The molecule has 1 aliphatic carbocycles. The van der Waals surface area contributed by atoms with E-state index in [1.165, 1.54) is 0 Å². The first-order chi connectivity index (χ1) is 9.60. The highest BCUT2D eigenvalue weighted by molar-refractivity contribution is 9.10. The number of benzene rings is 1. The maximum Gasteiger partial charge on any atom is 0.252 e. The van der Waals surface area contributed by atoms with Gasteiger partial charge in [-0.1, -0.05) is 0 Å². The second-order valence-corrected chi connectivity index (χ2v) is 6.65. The number of alkyl halides is 1. The van der Waals surface area contributed by atoms with Gasteiger partial charge in [-0.05, 0) is 65.7 Å². The van der Waals surface area contributed by atoms with Crippen molar-refractivity contribution in [1.29, 1.82) is 0 Å². The van der Waals surface area contributed by atoms with Crippen LogP contribution in [0, 0.1) is 5.92 Å². The number of halogens is 2. The quantitative estimate of drug-likeness (QED) is 0.825. The lowest BCUT2D eigenvalue weighted by atomic mass is 9.89. The van der Waals surface area contributed by atoms with E-state index in [0.29, 0.717) is 29.2 Å². The lowest BCUT2D eigenvalue weighted by Crippen LogP contribution is -2.31. The molecule has 3 nitrogen and oxygen atoms in total. The molecule has 1 aromatic carbocycles. The number of carbonyl (C=O) groups is 1. The molecule has 1 fully saturated rings. The van der Waals surface area contributed by atoms with Crippen LogP contribution in [-0.2, 0) is 0 Å². The van der Waals surface area contributed by atoms with Crippen molar-refractivity contribution < 1.29 is 9.53 Å². The molecule has 0 radical (unpaired) electrons. The van der Waals surface area contributed by atoms with Gasteiger partial charge in [0.2, 0.25) is 0 Å². The minimum absolute atomic E-state index is 0.0660. The van der Waals surface area contributed by atoms with Gasteiger partial charge >= 0.3 is 0 Å². The molecule has 0 bridgehead atoms. The lowest BCUT2D eigenvalue weighted by Gasteiger charge is -2.25. The Morgan fingerprint density at radius 3 is 2.75 bits per heavy atom. The number of methoxy groups -OCH3 is 1. The summed E-state index contributed by atoms with van der Waals surface area (Å²) < 4.78 is 5.93. The molecule has 1 aromatic rings. The molecule has 1 aliphatic rings. The predicted octanol–water partition coefficient (Wildman–Crippen LogP) is 3.99. The van der Waals surface area contributed by atoms with E-state index in [1.807, 2.05) is 12.1 Å². The largest absolute Gasteiger partial charge is 0.497 e. The summed E-state index contributed by atoms with van der Waals surface area (Å²) in [5.74, 6) is 1.16. The molecule has 0 saturated heterocycles. The maximum atomic E-state index is 12.2. The fourth-order valence-electron chi connectivity index (χ4n) is 2.46. The Hall–Kier alpha value is -0.740. The first-order valence-electron chi connectivity index (χ1n) is 6.86. The highest BCUT2D eigenvalue weighted by atomic mass is 79.9. The van der Waals surface area contributed by atoms with Crippen molar-refractivity contribution in [2.75, 3.05) is 13.7 Å². The molecule has 0 aliphatic heterocycles. The number of hydrogen-bond acceptors (Lipinski definition) is 2. The predicted molar refractivity (Wildman–Crippen MR) is 84.6 cm³/mol. The van der Waals surface area contributed by atoms with E-state index >= 15 is 0 Å². The lowest BCUT2D eigenvalue weighted by molar-refractivity contribution is 0.0942. The molecule has 0 spiro atoms. The molecule has 1 N–H and O–H groups in total. The van der Waals surface area contributed by atoms with E-state index in [9.17, 15) is 4.79 Å². The standard InChI is InChI=1S/C15H19BrClNO2/c1-20-12-6-7-14(16)13(8-12)15(19)18-9-10-2-4-11(17)5-3-10/h6-8,10-11H,2-5,9H2,1H3,(H,18,19). The SMILES string of the molecule is COc1ccc(Br)c(C(=O)NCC2CCC(Cl)CC2)c1. The second kappa shape index (κ2) is 7.32. The number of carbonyl (C=O) groups excluding carboxylic acids is 1. The minimum Gasteiger partial charge on any atom is -0.497 e. The third kappa shape index (κ3) is 4.13. The average molecular weight is 361 g/mol. The van der Waals surface area contributed by atoms with Crippen molar-refractivity contribution in [3.05, 3.63) is 28.2 Å². The molecule has 110 valence electrons. The summed E-state index contributed by atoms with van der Waals surface area (Å²) in [6, 6.07) is 5.39. The monoisotopic (exact) mass is 359 g/mol. The molecule has 1 saturated carbocycles. The molecule has 0 aromatic heterocycles. The van der Waals surface area contributed by atoms with Gasteiger partial charge in [0.25, 0.3) is 5.91 Å². The van der Waals surface area contributed by atoms with Crippen molar-refractivity contribution in [3.63, 3.8) is 0 Å². The Morgan fingerprint density at radius 1 is 1.40 bits per heavy atom. The van der Waals surface area contributed by atoms with Crippen LogP contribution < -0.4 is 10.1 Å². The number of ether oxygens (including phenoxy) is 1. The van der Waals surface area contributed by atoms with Gasteiger partial charge in [0.15, 0.2) is 0 Å². The van der Waals surface area contributed by atoms with E-state index in [4.69, 9.17) is 16.3 Å². The van der Waals surface area contributed by atoms with Crippen molar-refractivity contribution in [2.45, 2.75) is 31.1 Å². The van der Waals surface area contributed by atoms with Crippen molar-refractivity contribution in [3.8, 4) is 5.75 Å². The van der Waals surface area contributed by atoms with Gasteiger partial charge in [-0.2, -0.15) is 0 Å². The summed E-state index contributed by atoms with van der Waals surface area (Å²) in [4.78, 5) is 12.2. The van der Waals surface area contributed by atoms with E-state index in [2.05, 4.69) is 21.2 Å². The maximum absolute atomic E-state index is 12.2. The fraction of sp³-hybridized carbons (Fsp3) is 0.533. The van der Waals surface area contributed by atoms with Gasteiger partial charge in [-0.3, -0.25) is 4.79 Å². The highest BCUT2D eigenvalue weighted by Crippen LogP contribution is 2.27. The Balaban J connectivity index is 1.91. The van der Waals surface area contributed by atoms with Gasteiger partial charge in [-0.15, -0.1) is 11.6 Å². The number of nitrogens with one attached hydrogen (secondary N) is 1. The zero-order chi connectivity index (χ0) is 14.5. The van der Waals surface area contributed by atoms with E-state index in [-0.39, 0.29) is 5.91 Å². The van der Waals surface area contributed by atoms with Crippen LogP contribution >= 0.6 is 27.5 Å². The van der Waals surface area contributed by atoms with Gasteiger partial charge < -0.3 is 10.1 Å². The third-order valence-corrected chi connectivity index (χ3v) is 4.87. The molecule has 0 atom stereocenters. The second-order valence-electron chi connectivity index (χ2n) is 5.17. The topological polar surface area (TPSA) is 38.3 Å². The molecule has 5 heteroatoms. The zero-order valence-electron chi connectivity index (χ0n) is 11.5. The fourth-order valence-corrected chi connectivity index (χ4v) is 3.14. The van der Waals surface area contributed by atoms with Crippen molar-refractivity contribution in [2.24, 2.45) is 5.92 Å². The average Bonchev–Trinajstić information content (AvgIpc) is 2.47. The minimum atomic E-state index is -0.0660. The van der Waals surface area contributed by atoms with Crippen molar-refractivity contribution in [1.82, 2.24) is 5.32 Å². The molecular weight excluding hydrogens is 342 g/mol. The first kappa shape index (κ1) is 15.6. The van der Waals surface area contributed by atoms with E-state index < -0.39 is 0 Å². The summed E-state index contributed by atoms with van der Waals surface area (Å²) in [5.41, 5.74) is 0.607. The number of amides is 1. The summed E-state index contributed by atoms with van der Waals surface area (Å²) in [7, 11) is 1.59.